The van der Waals surface area contributed by atoms with Crippen LogP contribution in [0.3, 0.4) is 0 Å². The fourth-order valence-electron chi connectivity index (χ4n) is 3.01. The largest absolute Gasteiger partial charge is 0.420 e. The molecule has 3 heterocycles. The van der Waals surface area contributed by atoms with Crippen LogP contribution in [0.5, 0.6) is 0 Å². The van der Waals surface area contributed by atoms with E-state index in [0.29, 0.717) is 11.1 Å². The molecule has 3 aromatic rings. The highest BCUT2D eigenvalue weighted by molar-refractivity contribution is 7.92. The summed E-state index contributed by atoms with van der Waals surface area (Å²) in [6.07, 6.45) is 2.98. The normalized spacial score (nSPS) is 15.3. The second-order valence-electron chi connectivity index (χ2n) is 6.21. The summed E-state index contributed by atoms with van der Waals surface area (Å²) in [4.78, 5) is 29.7. The molecule has 4 rings (SSSR count). The Morgan fingerprint density at radius 1 is 1.31 bits per heavy atom. The van der Waals surface area contributed by atoms with Crippen molar-refractivity contribution < 1.29 is 17.6 Å². The zero-order chi connectivity index (χ0) is 18.5. The first-order valence-electron chi connectivity index (χ1n) is 7.95. The van der Waals surface area contributed by atoms with Crippen LogP contribution < -0.4 is 5.76 Å². The minimum absolute atomic E-state index is 0.00773. The Bertz CT molecular complexity index is 1150. The van der Waals surface area contributed by atoms with E-state index in [1.54, 1.807) is 37.5 Å². The Hall–Kier alpha value is -2.88. The van der Waals surface area contributed by atoms with E-state index in [-0.39, 0.29) is 30.7 Å². The summed E-state index contributed by atoms with van der Waals surface area (Å²) in [6.45, 7) is -0.0257. The molecule has 26 heavy (non-hydrogen) atoms. The average molecular weight is 376 g/mol. The van der Waals surface area contributed by atoms with E-state index in [2.05, 4.69) is 4.98 Å². The molecule has 1 saturated heterocycles. The van der Waals surface area contributed by atoms with Crippen LogP contribution in [0.2, 0.25) is 0 Å². The first-order valence-corrected chi connectivity index (χ1v) is 9.50. The number of carbonyl (C=O) groups excluding carboxylic acids is 1. The fraction of sp³-hybridized carbons (Fsp3) is 0.312. The number of aryl methyl sites for hydroxylation is 1. The number of likely N-dealkylation sites (tertiary alicyclic amines) is 1. The number of nitrogens with zero attached hydrogens (tertiary/aromatic N) is 4. The highest BCUT2D eigenvalue weighted by Gasteiger charge is 2.42. The number of amides is 1. The summed E-state index contributed by atoms with van der Waals surface area (Å²) in [7, 11) is -1.98. The van der Waals surface area contributed by atoms with E-state index in [9.17, 15) is 18.0 Å². The van der Waals surface area contributed by atoms with Gasteiger partial charge in [0, 0.05) is 32.5 Å². The van der Waals surface area contributed by atoms with Crippen molar-refractivity contribution in [2.45, 2.75) is 17.0 Å². The Balaban J connectivity index is 1.48. The Morgan fingerprint density at radius 2 is 2.04 bits per heavy atom. The number of hydrogen-bond acceptors (Lipinski definition) is 6. The van der Waals surface area contributed by atoms with Gasteiger partial charge in [0.2, 0.25) is 20.9 Å². The van der Waals surface area contributed by atoms with Crippen molar-refractivity contribution in [1.29, 1.82) is 0 Å². The second-order valence-corrected chi connectivity index (χ2v) is 8.33. The number of oxazole rings is 1. The molecule has 0 spiro atoms. The molecular weight excluding hydrogens is 360 g/mol. The number of para-hydroxylation sites is 2. The average Bonchev–Trinajstić information content (AvgIpc) is 3.10. The smallest absolute Gasteiger partial charge is 0.408 e. The molecule has 1 aromatic carbocycles. The standard InChI is InChI=1S/C16H16N4O5S/c1-18-7-6-17-15(18)26(23,24)11-8-19(9-11)14(21)10-20-12-4-2-3-5-13(12)25-16(20)22/h2-7,11H,8-10H2,1H3. The molecule has 0 N–H and O–H groups in total. The van der Waals surface area contributed by atoms with Crippen molar-refractivity contribution in [2.24, 2.45) is 7.05 Å². The molecule has 0 unspecified atom stereocenters. The van der Waals surface area contributed by atoms with Crippen molar-refractivity contribution in [2.75, 3.05) is 13.1 Å². The number of carbonyl (C=O) groups is 1. The molecule has 0 saturated carbocycles. The summed E-state index contributed by atoms with van der Waals surface area (Å²) in [6, 6.07) is 6.83. The molecule has 1 fully saturated rings. The molecule has 136 valence electrons. The van der Waals surface area contributed by atoms with Gasteiger partial charge >= 0.3 is 5.76 Å². The molecule has 0 bridgehead atoms. The van der Waals surface area contributed by atoms with Crippen LogP contribution in [0.15, 0.2) is 51.0 Å². The van der Waals surface area contributed by atoms with Gasteiger partial charge in [0.1, 0.15) is 11.8 Å². The van der Waals surface area contributed by atoms with Crippen molar-refractivity contribution in [3.05, 3.63) is 47.2 Å². The molecule has 9 nitrogen and oxygen atoms in total. The van der Waals surface area contributed by atoms with Crippen LogP contribution >= 0.6 is 0 Å². The third kappa shape index (κ3) is 2.53. The molecule has 0 atom stereocenters. The quantitative estimate of drug-likeness (QED) is 0.635. The molecule has 2 aromatic heterocycles. The second kappa shape index (κ2) is 5.84. The molecular formula is C16H16N4O5S. The Labute approximate surface area is 148 Å². The molecule has 1 aliphatic rings. The molecule has 0 radical (unpaired) electrons. The van der Waals surface area contributed by atoms with E-state index in [0.717, 1.165) is 0 Å². The Morgan fingerprint density at radius 3 is 2.73 bits per heavy atom. The number of imidazole rings is 1. The predicted octanol–water partition coefficient (Wildman–Crippen LogP) is 0.0127. The zero-order valence-corrected chi connectivity index (χ0v) is 14.7. The highest BCUT2D eigenvalue weighted by Crippen LogP contribution is 2.23. The SMILES string of the molecule is Cn1ccnc1S(=O)(=O)C1CN(C(=O)Cn2c(=O)oc3ccccc32)C1. The first-order chi connectivity index (χ1) is 12.4. The van der Waals surface area contributed by atoms with Crippen LogP contribution in [0.4, 0.5) is 0 Å². The van der Waals surface area contributed by atoms with Crippen LogP contribution in [-0.2, 0) is 28.2 Å². The van der Waals surface area contributed by atoms with E-state index in [1.165, 1.54) is 20.2 Å². The monoisotopic (exact) mass is 376 g/mol. The maximum atomic E-state index is 12.5. The van der Waals surface area contributed by atoms with Gasteiger partial charge in [-0.3, -0.25) is 9.36 Å². The number of sulfone groups is 1. The summed E-state index contributed by atoms with van der Waals surface area (Å²) in [5.74, 6) is -0.942. The van der Waals surface area contributed by atoms with Gasteiger partial charge in [-0.25, -0.2) is 18.2 Å². The van der Waals surface area contributed by atoms with Gasteiger partial charge in [-0.05, 0) is 12.1 Å². The van der Waals surface area contributed by atoms with Crippen molar-refractivity contribution in [3.63, 3.8) is 0 Å². The molecule has 1 amide bonds. The van der Waals surface area contributed by atoms with Gasteiger partial charge in [-0.2, -0.15) is 0 Å². The lowest BCUT2D eigenvalue weighted by Gasteiger charge is -2.38. The van der Waals surface area contributed by atoms with Gasteiger partial charge in [-0.1, -0.05) is 12.1 Å². The van der Waals surface area contributed by atoms with Crippen molar-refractivity contribution in [3.8, 4) is 0 Å². The third-order valence-electron chi connectivity index (χ3n) is 4.54. The number of aromatic nitrogens is 3. The highest BCUT2D eigenvalue weighted by atomic mass is 32.2. The topological polar surface area (TPSA) is 107 Å². The predicted molar refractivity (Wildman–Crippen MR) is 91.2 cm³/mol. The summed E-state index contributed by atoms with van der Waals surface area (Å²) < 4.78 is 32.8. The first kappa shape index (κ1) is 16.6. The van der Waals surface area contributed by atoms with E-state index in [4.69, 9.17) is 4.42 Å². The van der Waals surface area contributed by atoms with Crippen molar-refractivity contribution >= 4 is 26.8 Å². The molecule has 1 aliphatic heterocycles. The lowest BCUT2D eigenvalue weighted by molar-refractivity contribution is -0.135. The van der Waals surface area contributed by atoms with Gasteiger partial charge < -0.3 is 13.9 Å². The van der Waals surface area contributed by atoms with E-state index in [1.807, 2.05) is 0 Å². The summed E-state index contributed by atoms with van der Waals surface area (Å²) >= 11 is 0. The third-order valence-corrected chi connectivity index (χ3v) is 6.62. The van der Waals surface area contributed by atoms with Crippen LogP contribution in [-0.4, -0.2) is 51.7 Å². The van der Waals surface area contributed by atoms with Crippen molar-refractivity contribution in [1.82, 2.24) is 19.0 Å². The fourth-order valence-corrected chi connectivity index (χ4v) is 4.73. The lowest BCUT2D eigenvalue weighted by atomic mass is 10.2. The maximum Gasteiger partial charge on any atom is 0.420 e. The summed E-state index contributed by atoms with van der Waals surface area (Å²) in [5, 5.41) is -0.697. The van der Waals surface area contributed by atoms with Crippen LogP contribution in [0, 0.1) is 0 Å². The molecule has 10 heteroatoms. The summed E-state index contributed by atoms with van der Waals surface area (Å²) in [5.41, 5.74) is 0.938. The van der Waals surface area contributed by atoms with E-state index < -0.39 is 20.8 Å². The lowest BCUT2D eigenvalue weighted by Crippen LogP contribution is -2.58. The van der Waals surface area contributed by atoms with Gasteiger partial charge in [0.25, 0.3) is 0 Å². The number of rotatable bonds is 4. The van der Waals surface area contributed by atoms with Crippen LogP contribution in [0.25, 0.3) is 11.1 Å². The number of hydrogen-bond donors (Lipinski definition) is 0. The molecule has 0 aliphatic carbocycles. The van der Waals surface area contributed by atoms with E-state index >= 15 is 0 Å². The number of benzene rings is 1. The zero-order valence-electron chi connectivity index (χ0n) is 13.9. The maximum absolute atomic E-state index is 12.5. The van der Waals surface area contributed by atoms with Gasteiger partial charge in [-0.15, -0.1) is 0 Å². The number of fused-ring (bicyclic) bond motifs is 1. The Kier molecular flexibility index (Phi) is 3.72. The minimum atomic E-state index is -3.59. The minimum Gasteiger partial charge on any atom is -0.408 e. The van der Waals surface area contributed by atoms with Crippen LogP contribution in [0.1, 0.15) is 0 Å². The van der Waals surface area contributed by atoms with Gasteiger partial charge in [0.05, 0.1) is 5.52 Å². The van der Waals surface area contributed by atoms with Gasteiger partial charge in [0.15, 0.2) is 5.58 Å².